The summed E-state index contributed by atoms with van der Waals surface area (Å²) in [5.41, 5.74) is 0. The molecule has 1 fully saturated rings. The summed E-state index contributed by atoms with van der Waals surface area (Å²) in [6.45, 7) is 4.00. The number of piperidine rings is 1. The maximum atomic E-state index is 11.4. The number of carbonyl (C=O) groups excluding carboxylic acids is 1. The predicted octanol–water partition coefficient (Wildman–Crippen LogP) is 0.332. The second-order valence-corrected chi connectivity index (χ2v) is 6.51. The SMILES string of the molecule is CCC1CN(CCS(C)(=O)=O)CCC1=O. The van der Waals surface area contributed by atoms with Crippen molar-refractivity contribution in [1.82, 2.24) is 4.90 Å². The van der Waals surface area contributed by atoms with Crippen LogP contribution in [0.2, 0.25) is 0 Å². The third kappa shape index (κ3) is 4.30. The van der Waals surface area contributed by atoms with Gasteiger partial charge in [0.1, 0.15) is 15.6 Å². The minimum atomic E-state index is -2.89. The molecular formula is C10H19NO3S. The van der Waals surface area contributed by atoms with E-state index in [1.807, 2.05) is 6.92 Å². The van der Waals surface area contributed by atoms with Crippen LogP contribution in [0.25, 0.3) is 0 Å². The Hall–Kier alpha value is -0.420. The molecule has 15 heavy (non-hydrogen) atoms. The topological polar surface area (TPSA) is 54.5 Å². The Kier molecular flexibility index (Phi) is 4.28. The van der Waals surface area contributed by atoms with Crippen molar-refractivity contribution >= 4 is 15.6 Å². The number of rotatable bonds is 4. The van der Waals surface area contributed by atoms with Gasteiger partial charge in [-0.2, -0.15) is 0 Å². The summed E-state index contributed by atoms with van der Waals surface area (Å²) < 4.78 is 22.0. The molecule has 1 rings (SSSR count). The smallest absolute Gasteiger partial charge is 0.148 e. The Balaban J connectivity index is 2.42. The van der Waals surface area contributed by atoms with Crippen molar-refractivity contribution in [2.45, 2.75) is 19.8 Å². The van der Waals surface area contributed by atoms with Gasteiger partial charge in [-0.3, -0.25) is 4.79 Å². The summed E-state index contributed by atoms with van der Waals surface area (Å²) in [4.78, 5) is 13.5. The molecule has 1 saturated heterocycles. The van der Waals surface area contributed by atoms with E-state index in [4.69, 9.17) is 0 Å². The van der Waals surface area contributed by atoms with E-state index in [0.717, 1.165) is 13.0 Å². The number of ketones is 1. The van der Waals surface area contributed by atoms with E-state index in [1.54, 1.807) is 0 Å². The highest BCUT2D eigenvalue weighted by atomic mass is 32.2. The average Bonchev–Trinajstić information content (AvgIpc) is 2.15. The number of likely N-dealkylation sites (tertiary alicyclic amines) is 1. The van der Waals surface area contributed by atoms with Crippen LogP contribution in [0, 0.1) is 5.92 Å². The van der Waals surface area contributed by atoms with Crippen LogP contribution in [-0.2, 0) is 14.6 Å². The van der Waals surface area contributed by atoms with Gasteiger partial charge in [0.15, 0.2) is 0 Å². The number of sulfone groups is 1. The molecule has 0 bridgehead atoms. The van der Waals surface area contributed by atoms with Crippen LogP contribution >= 0.6 is 0 Å². The molecule has 0 aliphatic carbocycles. The van der Waals surface area contributed by atoms with Crippen molar-refractivity contribution in [2.75, 3.05) is 31.6 Å². The van der Waals surface area contributed by atoms with Crippen molar-refractivity contribution in [3.8, 4) is 0 Å². The summed E-state index contributed by atoms with van der Waals surface area (Å²) in [7, 11) is -2.89. The van der Waals surface area contributed by atoms with Gasteiger partial charge in [-0.05, 0) is 6.42 Å². The summed E-state index contributed by atoms with van der Waals surface area (Å²) >= 11 is 0. The van der Waals surface area contributed by atoms with E-state index in [0.29, 0.717) is 25.3 Å². The van der Waals surface area contributed by atoms with Crippen LogP contribution in [0.15, 0.2) is 0 Å². The van der Waals surface area contributed by atoms with Crippen molar-refractivity contribution < 1.29 is 13.2 Å². The van der Waals surface area contributed by atoms with Crippen LogP contribution in [0.5, 0.6) is 0 Å². The van der Waals surface area contributed by atoms with Gasteiger partial charge >= 0.3 is 0 Å². The van der Waals surface area contributed by atoms with E-state index < -0.39 is 9.84 Å². The summed E-state index contributed by atoms with van der Waals surface area (Å²) in [5.74, 6) is 0.629. The zero-order chi connectivity index (χ0) is 11.5. The molecule has 0 aromatic heterocycles. The second-order valence-electron chi connectivity index (χ2n) is 4.25. The lowest BCUT2D eigenvalue weighted by atomic mass is 9.94. The third-order valence-corrected chi connectivity index (χ3v) is 3.80. The summed E-state index contributed by atoms with van der Waals surface area (Å²) in [6.07, 6.45) is 2.68. The quantitative estimate of drug-likeness (QED) is 0.702. The second kappa shape index (κ2) is 5.07. The summed E-state index contributed by atoms with van der Waals surface area (Å²) in [5, 5.41) is 0. The van der Waals surface area contributed by atoms with E-state index in [9.17, 15) is 13.2 Å². The highest BCUT2D eigenvalue weighted by molar-refractivity contribution is 7.90. The number of nitrogens with zero attached hydrogens (tertiary/aromatic N) is 1. The monoisotopic (exact) mass is 233 g/mol. The molecule has 1 aliphatic heterocycles. The van der Waals surface area contributed by atoms with Crippen molar-refractivity contribution in [2.24, 2.45) is 5.92 Å². The molecule has 0 N–H and O–H groups in total. The highest BCUT2D eigenvalue weighted by Crippen LogP contribution is 2.15. The van der Waals surface area contributed by atoms with Gasteiger partial charge in [-0.15, -0.1) is 0 Å². The average molecular weight is 233 g/mol. The van der Waals surface area contributed by atoms with Crippen LogP contribution < -0.4 is 0 Å². The Labute approximate surface area is 91.6 Å². The molecule has 0 aromatic carbocycles. The summed E-state index contributed by atoms with van der Waals surface area (Å²) in [6, 6.07) is 0. The van der Waals surface area contributed by atoms with Crippen molar-refractivity contribution in [1.29, 1.82) is 0 Å². The number of carbonyl (C=O) groups is 1. The lowest BCUT2D eigenvalue weighted by molar-refractivity contribution is -0.126. The van der Waals surface area contributed by atoms with Crippen molar-refractivity contribution in [3.05, 3.63) is 0 Å². The molecule has 1 atom stereocenters. The molecule has 0 amide bonds. The zero-order valence-corrected chi connectivity index (χ0v) is 10.2. The molecule has 5 heteroatoms. The zero-order valence-electron chi connectivity index (χ0n) is 9.40. The third-order valence-electron chi connectivity index (χ3n) is 2.88. The maximum Gasteiger partial charge on any atom is 0.148 e. The molecule has 88 valence electrons. The van der Waals surface area contributed by atoms with E-state index in [-0.39, 0.29) is 11.7 Å². The first-order valence-corrected chi connectivity index (χ1v) is 7.41. The first-order valence-electron chi connectivity index (χ1n) is 5.35. The number of hydrogen-bond donors (Lipinski definition) is 0. The van der Waals surface area contributed by atoms with Crippen LogP contribution in [0.1, 0.15) is 19.8 Å². The Morgan fingerprint density at radius 1 is 1.47 bits per heavy atom. The van der Waals surface area contributed by atoms with Gasteiger partial charge in [0, 0.05) is 38.2 Å². The molecule has 1 heterocycles. The van der Waals surface area contributed by atoms with Gasteiger partial charge < -0.3 is 4.90 Å². The first-order chi connectivity index (χ1) is 6.92. The molecule has 4 nitrogen and oxygen atoms in total. The minimum absolute atomic E-state index is 0.110. The van der Waals surface area contributed by atoms with E-state index in [2.05, 4.69) is 4.90 Å². The molecule has 0 radical (unpaired) electrons. The fourth-order valence-corrected chi connectivity index (χ4v) is 2.42. The molecular weight excluding hydrogens is 214 g/mol. The molecule has 0 spiro atoms. The van der Waals surface area contributed by atoms with Crippen LogP contribution in [0.3, 0.4) is 0 Å². The van der Waals surface area contributed by atoms with E-state index >= 15 is 0 Å². The Morgan fingerprint density at radius 3 is 2.67 bits per heavy atom. The lowest BCUT2D eigenvalue weighted by Gasteiger charge is -2.30. The van der Waals surface area contributed by atoms with Crippen LogP contribution in [-0.4, -0.2) is 50.7 Å². The minimum Gasteiger partial charge on any atom is -0.301 e. The molecule has 0 aromatic rings. The standard InChI is InChI=1S/C10H19NO3S/c1-3-9-8-11(5-4-10(9)12)6-7-15(2,13)14/h9H,3-8H2,1-2H3. The molecule has 1 aliphatic rings. The van der Waals surface area contributed by atoms with Gasteiger partial charge in [0.2, 0.25) is 0 Å². The maximum absolute atomic E-state index is 11.4. The fourth-order valence-electron chi connectivity index (χ4n) is 1.83. The van der Waals surface area contributed by atoms with Gasteiger partial charge in [-0.1, -0.05) is 6.92 Å². The van der Waals surface area contributed by atoms with Crippen LogP contribution in [0.4, 0.5) is 0 Å². The predicted molar refractivity (Wildman–Crippen MR) is 59.6 cm³/mol. The largest absolute Gasteiger partial charge is 0.301 e. The van der Waals surface area contributed by atoms with Gasteiger partial charge in [0.05, 0.1) is 5.75 Å². The van der Waals surface area contributed by atoms with Gasteiger partial charge in [0.25, 0.3) is 0 Å². The Morgan fingerprint density at radius 2 is 2.13 bits per heavy atom. The Bertz CT molecular complexity index is 324. The number of hydrogen-bond acceptors (Lipinski definition) is 4. The fraction of sp³-hybridized carbons (Fsp3) is 0.900. The molecule has 0 saturated carbocycles. The number of Topliss-reactive ketones (excluding diaryl/α,β-unsaturated/α-hetero) is 1. The van der Waals surface area contributed by atoms with Gasteiger partial charge in [-0.25, -0.2) is 8.42 Å². The van der Waals surface area contributed by atoms with Crippen molar-refractivity contribution in [3.63, 3.8) is 0 Å². The molecule has 1 unspecified atom stereocenters. The normalized spacial score (nSPS) is 24.4. The first kappa shape index (κ1) is 12.6. The lowest BCUT2D eigenvalue weighted by Crippen LogP contribution is -2.42. The highest BCUT2D eigenvalue weighted by Gasteiger charge is 2.25. The van der Waals surface area contributed by atoms with E-state index in [1.165, 1.54) is 6.26 Å².